The molecule has 2 heterocycles. The van der Waals surface area contributed by atoms with Crippen LogP contribution in [-0.2, 0) is 9.59 Å². The summed E-state index contributed by atoms with van der Waals surface area (Å²) in [5.41, 5.74) is 2.44. The molecule has 1 aliphatic rings. The van der Waals surface area contributed by atoms with Crippen LogP contribution in [0.5, 0.6) is 0 Å². The number of amides is 2. The summed E-state index contributed by atoms with van der Waals surface area (Å²) in [5.74, 6) is -0.426. The predicted octanol–water partition coefficient (Wildman–Crippen LogP) is 2.16. The van der Waals surface area contributed by atoms with E-state index in [1.165, 1.54) is 6.33 Å². The molecule has 2 amide bonds. The standard InChI is InChI=1S/C22H24N6O2/c29-20(26-18-8-10-19(11-9-18)28-16-23-15-25-28)14-24-22(30)21(27-12-4-5-13-27)17-6-2-1-3-7-17/h1-3,6-11,15-16,21H,4-5,12-14H2,(H,24,30)(H,26,29). The van der Waals surface area contributed by atoms with Crippen molar-refractivity contribution in [2.24, 2.45) is 0 Å². The molecule has 1 unspecified atom stereocenters. The van der Waals surface area contributed by atoms with Crippen molar-refractivity contribution in [3.05, 3.63) is 72.8 Å². The van der Waals surface area contributed by atoms with Crippen molar-refractivity contribution in [3.8, 4) is 5.69 Å². The molecule has 8 heteroatoms. The van der Waals surface area contributed by atoms with Gasteiger partial charge in [-0.25, -0.2) is 9.67 Å². The average molecular weight is 404 g/mol. The smallest absolute Gasteiger partial charge is 0.243 e. The lowest BCUT2D eigenvalue weighted by Crippen LogP contribution is -2.42. The van der Waals surface area contributed by atoms with E-state index in [2.05, 4.69) is 25.6 Å². The van der Waals surface area contributed by atoms with Crippen molar-refractivity contribution >= 4 is 17.5 Å². The number of rotatable bonds is 7. The molecule has 1 atom stereocenters. The maximum Gasteiger partial charge on any atom is 0.243 e. The van der Waals surface area contributed by atoms with Gasteiger partial charge in [0.15, 0.2) is 0 Å². The first-order valence-corrected chi connectivity index (χ1v) is 10.0. The van der Waals surface area contributed by atoms with Crippen LogP contribution in [0.1, 0.15) is 24.4 Å². The molecule has 0 bridgehead atoms. The summed E-state index contributed by atoms with van der Waals surface area (Å²) in [6.45, 7) is 1.69. The normalized spacial score (nSPS) is 14.9. The van der Waals surface area contributed by atoms with E-state index >= 15 is 0 Å². The Morgan fingerprint density at radius 1 is 1.00 bits per heavy atom. The molecule has 2 N–H and O–H groups in total. The van der Waals surface area contributed by atoms with Crippen LogP contribution in [-0.4, -0.2) is 51.1 Å². The van der Waals surface area contributed by atoms with Crippen molar-refractivity contribution in [2.75, 3.05) is 25.0 Å². The Bertz CT molecular complexity index is 967. The molecule has 4 rings (SSSR count). The molecule has 30 heavy (non-hydrogen) atoms. The summed E-state index contributed by atoms with van der Waals surface area (Å²) in [7, 11) is 0. The maximum absolute atomic E-state index is 12.9. The average Bonchev–Trinajstić information content (AvgIpc) is 3.49. The lowest BCUT2D eigenvalue weighted by Gasteiger charge is -2.26. The van der Waals surface area contributed by atoms with E-state index in [9.17, 15) is 9.59 Å². The second kappa shape index (κ2) is 9.32. The Labute approximate surface area is 174 Å². The van der Waals surface area contributed by atoms with E-state index in [0.29, 0.717) is 5.69 Å². The van der Waals surface area contributed by atoms with E-state index in [1.807, 2.05) is 42.5 Å². The number of carbonyl (C=O) groups is 2. The van der Waals surface area contributed by atoms with Crippen LogP contribution in [0.4, 0.5) is 5.69 Å². The van der Waals surface area contributed by atoms with Gasteiger partial charge in [-0.3, -0.25) is 14.5 Å². The summed E-state index contributed by atoms with van der Waals surface area (Å²) >= 11 is 0. The van der Waals surface area contributed by atoms with E-state index < -0.39 is 0 Å². The highest BCUT2D eigenvalue weighted by atomic mass is 16.2. The fraction of sp³-hybridized carbons (Fsp3) is 0.273. The van der Waals surface area contributed by atoms with Gasteiger partial charge in [0.1, 0.15) is 18.7 Å². The lowest BCUT2D eigenvalue weighted by molar-refractivity contribution is -0.128. The van der Waals surface area contributed by atoms with Gasteiger partial charge in [0, 0.05) is 5.69 Å². The minimum atomic E-state index is -0.372. The molecule has 154 valence electrons. The molecular weight excluding hydrogens is 380 g/mol. The van der Waals surface area contributed by atoms with Crippen LogP contribution in [0.15, 0.2) is 67.3 Å². The molecule has 0 saturated carbocycles. The van der Waals surface area contributed by atoms with Crippen LogP contribution in [0.3, 0.4) is 0 Å². The van der Waals surface area contributed by atoms with Gasteiger partial charge < -0.3 is 10.6 Å². The Morgan fingerprint density at radius 3 is 2.40 bits per heavy atom. The molecule has 0 radical (unpaired) electrons. The maximum atomic E-state index is 12.9. The van der Waals surface area contributed by atoms with Crippen LogP contribution in [0.2, 0.25) is 0 Å². The Balaban J connectivity index is 1.34. The number of aromatic nitrogens is 3. The zero-order valence-electron chi connectivity index (χ0n) is 16.6. The molecule has 1 saturated heterocycles. The minimum absolute atomic E-state index is 0.0825. The Kier molecular flexibility index (Phi) is 6.14. The number of nitrogens with one attached hydrogen (secondary N) is 2. The summed E-state index contributed by atoms with van der Waals surface area (Å²) in [6.07, 6.45) is 5.24. The second-order valence-corrected chi connectivity index (χ2v) is 7.21. The zero-order valence-corrected chi connectivity index (χ0v) is 16.6. The number of benzene rings is 2. The molecular formula is C22H24N6O2. The Hall–Kier alpha value is -3.52. The fourth-order valence-electron chi connectivity index (χ4n) is 3.67. The van der Waals surface area contributed by atoms with Crippen LogP contribution < -0.4 is 10.6 Å². The number of anilines is 1. The van der Waals surface area contributed by atoms with Gasteiger partial charge >= 0.3 is 0 Å². The van der Waals surface area contributed by atoms with Gasteiger partial charge in [-0.1, -0.05) is 30.3 Å². The lowest BCUT2D eigenvalue weighted by atomic mass is 10.0. The van der Waals surface area contributed by atoms with Gasteiger partial charge in [-0.05, 0) is 55.8 Å². The number of hydrogen-bond donors (Lipinski definition) is 2. The van der Waals surface area contributed by atoms with E-state index in [4.69, 9.17) is 0 Å². The SMILES string of the molecule is O=C(CNC(=O)C(c1ccccc1)N1CCCC1)Nc1ccc(-n2cncn2)cc1. The number of carbonyl (C=O) groups excluding carboxylic acids is 2. The zero-order chi connectivity index (χ0) is 20.8. The van der Waals surface area contributed by atoms with Gasteiger partial charge in [0.25, 0.3) is 0 Å². The largest absolute Gasteiger partial charge is 0.345 e. The quantitative estimate of drug-likeness (QED) is 0.630. The summed E-state index contributed by atoms with van der Waals surface area (Å²) < 4.78 is 1.63. The molecule has 8 nitrogen and oxygen atoms in total. The highest BCUT2D eigenvalue weighted by Crippen LogP contribution is 2.25. The van der Waals surface area contributed by atoms with Crippen LogP contribution in [0.25, 0.3) is 5.69 Å². The molecule has 0 spiro atoms. The Morgan fingerprint density at radius 2 is 1.73 bits per heavy atom. The fourth-order valence-corrected chi connectivity index (χ4v) is 3.67. The van der Waals surface area contributed by atoms with Gasteiger partial charge in [-0.2, -0.15) is 5.10 Å². The molecule has 1 fully saturated rings. The molecule has 1 aliphatic heterocycles. The summed E-state index contributed by atoms with van der Waals surface area (Å²) in [5, 5.41) is 9.67. The monoisotopic (exact) mass is 404 g/mol. The van der Waals surface area contributed by atoms with Crippen LogP contribution >= 0.6 is 0 Å². The van der Waals surface area contributed by atoms with Crippen molar-refractivity contribution in [1.29, 1.82) is 0 Å². The minimum Gasteiger partial charge on any atom is -0.345 e. The molecule has 2 aromatic carbocycles. The van der Waals surface area contributed by atoms with E-state index in [-0.39, 0.29) is 24.4 Å². The predicted molar refractivity (Wildman–Crippen MR) is 113 cm³/mol. The van der Waals surface area contributed by atoms with Gasteiger partial charge in [-0.15, -0.1) is 0 Å². The van der Waals surface area contributed by atoms with E-state index in [1.54, 1.807) is 23.1 Å². The first kappa shape index (κ1) is 19.8. The van der Waals surface area contributed by atoms with Crippen molar-refractivity contribution in [2.45, 2.75) is 18.9 Å². The molecule has 0 aliphatic carbocycles. The van der Waals surface area contributed by atoms with E-state index in [0.717, 1.165) is 37.2 Å². The first-order chi connectivity index (χ1) is 14.7. The van der Waals surface area contributed by atoms with Crippen molar-refractivity contribution in [1.82, 2.24) is 25.0 Å². The number of hydrogen-bond acceptors (Lipinski definition) is 5. The van der Waals surface area contributed by atoms with Gasteiger partial charge in [0.05, 0.1) is 12.2 Å². The van der Waals surface area contributed by atoms with Crippen molar-refractivity contribution in [3.63, 3.8) is 0 Å². The molecule has 1 aromatic heterocycles. The summed E-state index contributed by atoms with van der Waals surface area (Å²) in [6, 6.07) is 16.6. The van der Waals surface area contributed by atoms with Crippen molar-refractivity contribution < 1.29 is 9.59 Å². The van der Waals surface area contributed by atoms with Crippen LogP contribution in [0, 0.1) is 0 Å². The second-order valence-electron chi connectivity index (χ2n) is 7.21. The first-order valence-electron chi connectivity index (χ1n) is 10.0. The highest BCUT2D eigenvalue weighted by molar-refractivity contribution is 5.95. The van der Waals surface area contributed by atoms with Gasteiger partial charge in [0.2, 0.25) is 11.8 Å². The number of likely N-dealkylation sites (tertiary alicyclic amines) is 1. The molecule has 3 aromatic rings. The number of nitrogens with zero attached hydrogens (tertiary/aromatic N) is 4. The highest BCUT2D eigenvalue weighted by Gasteiger charge is 2.29. The summed E-state index contributed by atoms with van der Waals surface area (Å²) in [4.78, 5) is 31.3. The topological polar surface area (TPSA) is 92.2 Å². The third-order valence-electron chi connectivity index (χ3n) is 5.13. The third kappa shape index (κ3) is 4.72. The third-order valence-corrected chi connectivity index (χ3v) is 5.13.